The first-order valence-electron chi connectivity index (χ1n) is 8.29. The zero-order valence-electron chi connectivity index (χ0n) is 15.3. The van der Waals surface area contributed by atoms with Crippen molar-refractivity contribution in [2.45, 2.75) is 6.54 Å². The third-order valence-corrected chi connectivity index (χ3v) is 4.27. The quantitative estimate of drug-likeness (QED) is 0.566. The Morgan fingerprint density at radius 3 is 2.57 bits per heavy atom. The molecule has 9 heteroatoms. The van der Waals surface area contributed by atoms with Crippen molar-refractivity contribution in [1.82, 2.24) is 15.5 Å². The number of carbonyl (C=O) groups excluding carboxylic acids is 1. The SMILES string of the molecule is COc1ccc(-c2noc(CNC(=O)COc3ccc(Br)cc3)n2)c(OC)c1. The number of hydrogen-bond donors (Lipinski definition) is 1. The van der Waals surface area contributed by atoms with Gasteiger partial charge in [0.05, 0.1) is 26.3 Å². The van der Waals surface area contributed by atoms with Crippen LogP contribution < -0.4 is 19.5 Å². The molecule has 0 fully saturated rings. The van der Waals surface area contributed by atoms with Gasteiger partial charge in [0.15, 0.2) is 6.61 Å². The first kappa shape index (κ1) is 19.7. The first-order chi connectivity index (χ1) is 13.6. The zero-order chi connectivity index (χ0) is 19.9. The van der Waals surface area contributed by atoms with E-state index in [4.69, 9.17) is 18.7 Å². The minimum Gasteiger partial charge on any atom is -0.497 e. The molecule has 0 aliphatic carbocycles. The predicted octanol–water partition coefficient (Wildman–Crippen LogP) is 3.21. The summed E-state index contributed by atoms with van der Waals surface area (Å²) in [6, 6.07) is 12.5. The molecule has 0 bridgehead atoms. The van der Waals surface area contributed by atoms with Gasteiger partial charge in [0, 0.05) is 10.5 Å². The molecule has 1 heterocycles. The molecule has 0 saturated carbocycles. The smallest absolute Gasteiger partial charge is 0.258 e. The molecule has 0 atom stereocenters. The van der Waals surface area contributed by atoms with E-state index in [1.807, 2.05) is 12.1 Å². The van der Waals surface area contributed by atoms with E-state index in [-0.39, 0.29) is 24.9 Å². The van der Waals surface area contributed by atoms with Crippen molar-refractivity contribution in [3.8, 4) is 28.6 Å². The number of amides is 1. The molecule has 2 aromatic carbocycles. The molecule has 146 valence electrons. The molecule has 1 aromatic heterocycles. The van der Waals surface area contributed by atoms with Gasteiger partial charge < -0.3 is 24.1 Å². The molecule has 8 nitrogen and oxygen atoms in total. The zero-order valence-corrected chi connectivity index (χ0v) is 16.9. The van der Waals surface area contributed by atoms with Gasteiger partial charge in [0.2, 0.25) is 11.7 Å². The van der Waals surface area contributed by atoms with Crippen LogP contribution in [0.3, 0.4) is 0 Å². The number of nitrogens with zero attached hydrogens (tertiary/aromatic N) is 2. The number of rotatable bonds is 8. The number of benzene rings is 2. The largest absolute Gasteiger partial charge is 0.497 e. The summed E-state index contributed by atoms with van der Waals surface area (Å²) in [5.41, 5.74) is 0.656. The fourth-order valence-electron chi connectivity index (χ4n) is 2.32. The summed E-state index contributed by atoms with van der Waals surface area (Å²) < 4.78 is 22.1. The lowest BCUT2D eigenvalue weighted by Gasteiger charge is -2.07. The Labute approximate surface area is 169 Å². The Balaban J connectivity index is 1.56. The summed E-state index contributed by atoms with van der Waals surface area (Å²) >= 11 is 3.34. The fraction of sp³-hybridized carbons (Fsp3) is 0.211. The van der Waals surface area contributed by atoms with Crippen LogP contribution in [0.25, 0.3) is 11.4 Å². The summed E-state index contributed by atoms with van der Waals surface area (Å²) in [7, 11) is 3.12. The molecule has 1 N–H and O–H groups in total. The highest BCUT2D eigenvalue weighted by Crippen LogP contribution is 2.31. The van der Waals surface area contributed by atoms with Gasteiger partial charge in [-0.2, -0.15) is 4.98 Å². The Morgan fingerprint density at radius 2 is 1.86 bits per heavy atom. The summed E-state index contributed by atoms with van der Waals surface area (Å²) in [6.07, 6.45) is 0. The van der Waals surface area contributed by atoms with E-state index in [1.54, 1.807) is 44.6 Å². The average molecular weight is 448 g/mol. The lowest BCUT2D eigenvalue weighted by molar-refractivity contribution is -0.123. The summed E-state index contributed by atoms with van der Waals surface area (Å²) in [6.45, 7) is -0.0249. The van der Waals surface area contributed by atoms with Crippen LogP contribution in [0.15, 0.2) is 51.5 Å². The number of ether oxygens (including phenoxy) is 3. The highest BCUT2D eigenvalue weighted by molar-refractivity contribution is 9.10. The second-order valence-corrected chi connectivity index (χ2v) is 6.51. The highest BCUT2D eigenvalue weighted by Gasteiger charge is 2.15. The Kier molecular flexibility index (Phi) is 6.49. The van der Waals surface area contributed by atoms with Gasteiger partial charge in [-0.25, -0.2) is 0 Å². The fourth-order valence-corrected chi connectivity index (χ4v) is 2.59. The van der Waals surface area contributed by atoms with Crippen LogP contribution in [0.4, 0.5) is 0 Å². The van der Waals surface area contributed by atoms with Crippen molar-refractivity contribution in [3.63, 3.8) is 0 Å². The van der Waals surface area contributed by atoms with E-state index in [0.29, 0.717) is 28.6 Å². The van der Waals surface area contributed by atoms with Crippen LogP contribution in [0, 0.1) is 0 Å². The van der Waals surface area contributed by atoms with Crippen LogP contribution in [0.1, 0.15) is 5.89 Å². The maximum Gasteiger partial charge on any atom is 0.258 e. The molecule has 0 aliphatic heterocycles. The maximum absolute atomic E-state index is 11.9. The van der Waals surface area contributed by atoms with E-state index >= 15 is 0 Å². The third-order valence-electron chi connectivity index (χ3n) is 3.74. The van der Waals surface area contributed by atoms with Gasteiger partial charge in [0.1, 0.15) is 17.2 Å². The maximum atomic E-state index is 11.9. The number of halogens is 1. The lowest BCUT2D eigenvalue weighted by Crippen LogP contribution is -2.28. The van der Waals surface area contributed by atoms with Crippen LogP contribution in [0.2, 0.25) is 0 Å². The van der Waals surface area contributed by atoms with E-state index in [9.17, 15) is 4.79 Å². The molecular formula is C19H18BrN3O5. The van der Waals surface area contributed by atoms with Crippen molar-refractivity contribution < 1.29 is 23.5 Å². The van der Waals surface area contributed by atoms with Crippen molar-refractivity contribution in [1.29, 1.82) is 0 Å². The second kappa shape index (κ2) is 9.23. The lowest BCUT2D eigenvalue weighted by atomic mass is 10.2. The number of carbonyl (C=O) groups is 1. The molecule has 28 heavy (non-hydrogen) atoms. The molecule has 0 radical (unpaired) electrons. The monoisotopic (exact) mass is 447 g/mol. The molecule has 3 rings (SSSR count). The first-order valence-corrected chi connectivity index (χ1v) is 9.08. The third kappa shape index (κ3) is 5.01. The van der Waals surface area contributed by atoms with Crippen LogP contribution in [-0.2, 0) is 11.3 Å². The minimum absolute atomic E-state index is 0.0913. The van der Waals surface area contributed by atoms with E-state index in [0.717, 1.165) is 4.47 Å². The highest BCUT2D eigenvalue weighted by atomic mass is 79.9. The topological polar surface area (TPSA) is 95.7 Å². The molecule has 0 unspecified atom stereocenters. The molecule has 0 saturated heterocycles. The van der Waals surface area contributed by atoms with Crippen molar-refractivity contribution in [3.05, 3.63) is 52.8 Å². The van der Waals surface area contributed by atoms with E-state index in [1.165, 1.54) is 0 Å². The van der Waals surface area contributed by atoms with Crippen molar-refractivity contribution >= 4 is 21.8 Å². The molecule has 0 spiro atoms. The number of nitrogens with one attached hydrogen (secondary N) is 1. The number of methoxy groups -OCH3 is 2. The Bertz CT molecular complexity index is 943. The van der Waals surface area contributed by atoms with Crippen LogP contribution in [0.5, 0.6) is 17.2 Å². The summed E-state index contributed by atoms with van der Waals surface area (Å²) in [5, 5.41) is 6.61. The molecule has 3 aromatic rings. The van der Waals surface area contributed by atoms with E-state index in [2.05, 4.69) is 31.4 Å². The standard InChI is InChI=1S/C19H18BrN3O5/c1-25-14-7-8-15(16(9-14)26-2)19-22-18(28-23-19)10-21-17(24)11-27-13-5-3-12(20)4-6-13/h3-9H,10-11H2,1-2H3,(H,21,24). The molecular weight excluding hydrogens is 430 g/mol. The van der Waals surface area contributed by atoms with Crippen molar-refractivity contribution in [2.24, 2.45) is 0 Å². The van der Waals surface area contributed by atoms with Crippen LogP contribution >= 0.6 is 15.9 Å². The Hall–Kier alpha value is -3.07. The molecule has 1 amide bonds. The summed E-state index contributed by atoms with van der Waals surface area (Å²) in [4.78, 5) is 16.2. The van der Waals surface area contributed by atoms with Gasteiger partial charge in [-0.15, -0.1) is 0 Å². The normalized spacial score (nSPS) is 10.4. The molecule has 0 aliphatic rings. The summed E-state index contributed by atoms with van der Waals surface area (Å²) in [5.74, 6) is 2.13. The Morgan fingerprint density at radius 1 is 1.11 bits per heavy atom. The number of hydrogen-bond acceptors (Lipinski definition) is 7. The predicted molar refractivity (Wildman–Crippen MR) is 104 cm³/mol. The van der Waals surface area contributed by atoms with Crippen LogP contribution in [-0.4, -0.2) is 36.9 Å². The van der Waals surface area contributed by atoms with Gasteiger partial charge in [-0.05, 0) is 36.4 Å². The van der Waals surface area contributed by atoms with Gasteiger partial charge in [-0.1, -0.05) is 21.1 Å². The van der Waals surface area contributed by atoms with Gasteiger partial charge in [0.25, 0.3) is 5.91 Å². The van der Waals surface area contributed by atoms with Crippen molar-refractivity contribution in [2.75, 3.05) is 20.8 Å². The minimum atomic E-state index is -0.301. The van der Waals surface area contributed by atoms with E-state index < -0.39 is 0 Å². The van der Waals surface area contributed by atoms with Gasteiger partial charge in [-0.3, -0.25) is 4.79 Å². The number of aromatic nitrogens is 2. The average Bonchev–Trinajstić information content (AvgIpc) is 3.20. The second-order valence-electron chi connectivity index (χ2n) is 5.60. The van der Waals surface area contributed by atoms with Gasteiger partial charge >= 0.3 is 0 Å².